The molecule has 0 spiro atoms. The zero-order valence-corrected chi connectivity index (χ0v) is 12.5. The quantitative estimate of drug-likeness (QED) is 0.513. The van der Waals surface area contributed by atoms with Gasteiger partial charge in [0.15, 0.2) is 5.11 Å². The van der Waals surface area contributed by atoms with Gasteiger partial charge in [0, 0.05) is 11.9 Å². The first-order valence-corrected chi connectivity index (χ1v) is 6.78. The van der Waals surface area contributed by atoms with Gasteiger partial charge in [0.25, 0.3) is 0 Å². The van der Waals surface area contributed by atoms with Crippen LogP contribution in [0.15, 0.2) is 47.7 Å². The maximum atomic E-state index is 5.91. The van der Waals surface area contributed by atoms with Gasteiger partial charge in [-0.3, -0.25) is 10.4 Å². The van der Waals surface area contributed by atoms with Crippen LogP contribution in [0.2, 0.25) is 10.0 Å². The molecule has 4 nitrogen and oxygen atoms in total. The van der Waals surface area contributed by atoms with Crippen LogP contribution in [0.3, 0.4) is 0 Å². The summed E-state index contributed by atoms with van der Waals surface area (Å²) in [4.78, 5) is 4.10. The second-order valence-corrected chi connectivity index (χ2v) is 4.93. The largest absolute Gasteiger partial charge is 0.331 e. The van der Waals surface area contributed by atoms with Gasteiger partial charge in [-0.2, -0.15) is 5.10 Å². The van der Waals surface area contributed by atoms with E-state index in [1.54, 1.807) is 30.6 Å². The molecular weight excluding hydrogens is 315 g/mol. The van der Waals surface area contributed by atoms with E-state index in [4.69, 9.17) is 35.4 Å². The first kappa shape index (κ1) is 14.7. The Kier molecular flexibility index (Phi) is 5.29. The molecule has 1 aromatic carbocycles. The Hall–Kier alpha value is -1.69. The van der Waals surface area contributed by atoms with Crippen molar-refractivity contribution in [2.45, 2.75) is 0 Å². The smallest absolute Gasteiger partial charge is 0.191 e. The van der Waals surface area contributed by atoms with E-state index in [9.17, 15) is 0 Å². The van der Waals surface area contributed by atoms with Gasteiger partial charge >= 0.3 is 0 Å². The molecule has 0 fully saturated rings. The Labute approximate surface area is 131 Å². The average molecular weight is 325 g/mol. The number of pyridine rings is 1. The van der Waals surface area contributed by atoms with Gasteiger partial charge < -0.3 is 5.32 Å². The van der Waals surface area contributed by atoms with Crippen molar-refractivity contribution in [2.24, 2.45) is 5.10 Å². The van der Waals surface area contributed by atoms with E-state index in [0.29, 0.717) is 15.2 Å². The number of benzene rings is 1. The fourth-order valence-electron chi connectivity index (χ4n) is 1.34. The van der Waals surface area contributed by atoms with Gasteiger partial charge in [0.1, 0.15) is 0 Å². The van der Waals surface area contributed by atoms with E-state index in [2.05, 4.69) is 20.8 Å². The van der Waals surface area contributed by atoms with Crippen molar-refractivity contribution in [3.63, 3.8) is 0 Å². The zero-order chi connectivity index (χ0) is 14.4. The molecule has 1 aromatic heterocycles. The molecule has 0 saturated carbocycles. The number of anilines is 1. The number of nitrogens with one attached hydrogen (secondary N) is 2. The van der Waals surface area contributed by atoms with E-state index in [1.165, 1.54) is 0 Å². The Morgan fingerprint density at radius 2 is 2.05 bits per heavy atom. The van der Waals surface area contributed by atoms with Crippen LogP contribution < -0.4 is 10.7 Å². The number of hydrogen-bond acceptors (Lipinski definition) is 3. The summed E-state index contributed by atoms with van der Waals surface area (Å²) < 4.78 is 0. The van der Waals surface area contributed by atoms with Crippen LogP contribution in [-0.2, 0) is 0 Å². The van der Waals surface area contributed by atoms with Crippen molar-refractivity contribution in [3.05, 3.63) is 58.3 Å². The second kappa shape index (κ2) is 7.19. The van der Waals surface area contributed by atoms with Crippen LogP contribution in [0.4, 0.5) is 5.69 Å². The summed E-state index contributed by atoms with van der Waals surface area (Å²) >= 11 is 16.8. The highest BCUT2D eigenvalue weighted by atomic mass is 35.5. The van der Waals surface area contributed by atoms with Gasteiger partial charge in [0.05, 0.1) is 22.0 Å². The first-order chi connectivity index (χ1) is 9.65. The number of rotatable bonds is 3. The molecule has 0 amide bonds. The highest BCUT2D eigenvalue weighted by Gasteiger charge is 2.00. The molecule has 2 N–H and O–H groups in total. The summed E-state index contributed by atoms with van der Waals surface area (Å²) in [7, 11) is 0. The van der Waals surface area contributed by atoms with E-state index >= 15 is 0 Å². The molecule has 0 aliphatic rings. The molecule has 0 unspecified atom stereocenters. The number of hydrazone groups is 1. The topological polar surface area (TPSA) is 49.3 Å². The Morgan fingerprint density at radius 1 is 1.20 bits per heavy atom. The molecule has 0 bridgehead atoms. The molecule has 1 heterocycles. The highest BCUT2D eigenvalue weighted by Crippen LogP contribution is 2.24. The van der Waals surface area contributed by atoms with E-state index in [0.717, 1.165) is 11.4 Å². The lowest BCUT2D eigenvalue weighted by Gasteiger charge is -2.07. The number of aromatic nitrogens is 1. The van der Waals surface area contributed by atoms with Crippen molar-refractivity contribution in [2.75, 3.05) is 5.32 Å². The van der Waals surface area contributed by atoms with Crippen LogP contribution in [0.25, 0.3) is 0 Å². The molecule has 7 heteroatoms. The summed E-state index contributed by atoms with van der Waals surface area (Å²) in [6, 6.07) is 10.7. The first-order valence-electron chi connectivity index (χ1n) is 5.61. The van der Waals surface area contributed by atoms with E-state index in [-0.39, 0.29) is 0 Å². The number of halogens is 2. The van der Waals surface area contributed by atoms with Gasteiger partial charge in [0.2, 0.25) is 0 Å². The lowest BCUT2D eigenvalue weighted by molar-refractivity contribution is 1.05. The normalized spacial score (nSPS) is 10.5. The third-order valence-corrected chi connectivity index (χ3v) is 3.16. The van der Waals surface area contributed by atoms with Crippen LogP contribution in [0, 0.1) is 0 Å². The maximum Gasteiger partial charge on any atom is 0.191 e. The van der Waals surface area contributed by atoms with Crippen LogP contribution in [0.1, 0.15) is 5.69 Å². The Balaban J connectivity index is 1.89. The molecular formula is C13H10Cl2N4S. The predicted molar refractivity (Wildman–Crippen MR) is 87.6 cm³/mol. The van der Waals surface area contributed by atoms with Gasteiger partial charge in [-0.05, 0) is 42.5 Å². The van der Waals surface area contributed by atoms with E-state index in [1.807, 2.05) is 18.2 Å². The standard InChI is InChI=1S/C13H10Cl2N4S/c14-11-5-4-9(7-12(11)15)18-13(20)19-17-8-10-3-1-2-6-16-10/h1-8H,(H2,18,19,20)/b17-8+. The number of nitrogens with zero attached hydrogens (tertiary/aromatic N) is 2. The van der Waals surface area contributed by atoms with E-state index < -0.39 is 0 Å². The van der Waals surface area contributed by atoms with Gasteiger partial charge in [-0.1, -0.05) is 29.3 Å². The SMILES string of the molecule is S=C(N/N=C/c1ccccn1)Nc1ccc(Cl)c(Cl)c1. The fraction of sp³-hybridized carbons (Fsp3) is 0. The molecule has 0 atom stereocenters. The minimum Gasteiger partial charge on any atom is -0.331 e. The fourth-order valence-corrected chi connectivity index (χ4v) is 1.81. The number of thiocarbonyl (C=S) groups is 1. The van der Waals surface area contributed by atoms with Crippen LogP contribution in [-0.4, -0.2) is 16.3 Å². The van der Waals surface area contributed by atoms with Crippen molar-refractivity contribution in [3.8, 4) is 0 Å². The molecule has 0 aliphatic carbocycles. The Morgan fingerprint density at radius 3 is 2.75 bits per heavy atom. The molecule has 0 saturated heterocycles. The van der Waals surface area contributed by atoms with Gasteiger partial charge in [-0.25, -0.2) is 0 Å². The zero-order valence-electron chi connectivity index (χ0n) is 10.2. The summed E-state index contributed by atoms with van der Waals surface area (Å²) in [5.74, 6) is 0. The summed E-state index contributed by atoms with van der Waals surface area (Å²) in [6.07, 6.45) is 3.26. The highest BCUT2D eigenvalue weighted by molar-refractivity contribution is 7.80. The van der Waals surface area contributed by atoms with Crippen molar-refractivity contribution >= 4 is 52.4 Å². The second-order valence-electron chi connectivity index (χ2n) is 3.71. The number of hydrogen-bond donors (Lipinski definition) is 2. The Bertz CT molecular complexity index is 632. The molecule has 0 radical (unpaired) electrons. The minimum absolute atomic E-state index is 0.343. The predicted octanol–water partition coefficient (Wildman–Crippen LogP) is 3.71. The lowest BCUT2D eigenvalue weighted by atomic mass is 10.3. The molecule has 2 aromatic rings. The van der Waals surface area contributed by atoms with Gasteiger partial charge in [-0.15, -0.1) is 0 Å². The third kappa shape index (κ3) is 4.45. The monoisotopic (exact) mass is 324 g/mol. The van der Waals surface area contributed by atoms with Crippen LogP contribution in [0.5, 0.6) is 0 Å². The molecule has 102 valence electrons. The molecule has 0 aliphatic heterocycles. The maximum absolute atomic E-state index is 5.91. The van der Waals surface area contributed by atoms with Crippen molar-refractivity contribution in [1.29, 1.82) is 0 Å². The summed E-state index contributed by atoms with van der Waals surface area (Å²) in [5.41, 5.74) is 4.15. The lowest BCUT2D eigenvalue weighted by Crippen LogP contribution is -2.23. The molecule has 20 heavy (non-hydrogen) atoms. The summed E-state index contributed by atoms with van der Waals surface area (Å²) in [6.45, 7) is 0. The van der Waals surface area contributed by atoms with Crippen LogP contribution >= 0.6 is 35.4 Å². The summed E-state index contributed by atoms with van der Waals surface area (Å²) in [5, 5.41) is 8.20. The minimum atomic E-state index is 0.343. The average Bonchev–Trinajstić information content (AvgIpc) is 2.44. The third-order valence-electron chi connectivity index (χ3n) is 2.23. The molecule has 2 rings (SSSR count). The van der Waals surface area contributed by atoms with Crippen molar-refractivity contribution in [1.82, 2.24) is 10.4 Å². The van der Waals surface area contributed by atoms with Crippen molar-refractivity contribution < 1.29 is 0 Å².